The maximum atomic E-state index is 15.4. The number of benzene rings is 3. The number of hydrogen-bond donors (Lipinski definition) is 1. The molecule has 2 amide bonds. The lowest BCUT2D eigenvalue weighted by Gasteiger charge is -2.35. The van der Waals surface area contributed by atoms with E-state index in [0.717, 1.165) is 4.90 Å². The van der Waals surface area contributed by atoms with Crippen molar-refractivity contribution in [2.75, 3.05) is 19.1 Å². The Hall–Kier alpha value is -4.47. The van der Waals surface area contributed by atoms with E-state index < -0.39 is 29.2 Å². The van der Waals surface area contributed by atoms with Gasteiger partial charge in [0, 0.05) is 11.1 Å². The van der Waals surface area contributed by atoms with Crippen molar-refractivity contribution in [2.24, 2.45) is 0 Å². The number of ether oxygens (including phenoxy) is 2. The molecular weight excluding hydrogens is 501 g/mol. The van der Waals surface area contributed by atoms with Crippen LogP contribution in [0.4, 0.5) is 10.1 Å². The lowest BCUT2D eigenvalue weighted by molar-refractivity contribution is -0.128. The van der Waals surface area contributed by atoms with E-state index in [9.17, 15) is 9.59 Å². The van der Waals surface area contributed by atoms with Gasteiger partial charge in [-0.15, -0.1) is 5.10 Å². The van der Waals surface area contributed by atoms with Crippen molar-refractivity contribution < 1.29 is 23.5 Å². The molecule has 0 radical (unpaired) electrons. The zero-order chi connectivity index (χ0) is 28.2. The topological polar surface area (TPSA) is 98.6 Å². The molecule has 204 valence electrons. The lowest BCUT2D eigenvalue weighted by atomic mass is 9.97. The lowest BCUT2D eigenvalue weighted by Crippen LogP contribution is -2.51. The minimum absolute atomic E-state index is 0.0637. The third-order valence-corrected chi connectivity index (χ3v) is 6.67. The number of nitrogens with one attached hydrogen (secondary N) is 1. The van der Waals surface area contributed by atoms with Gasteiger partial charge in [0.25, 0.3) is 0 Å². The smallest absolute Gasteiger partial charge is 0.249 e. The van der Waals surface area contributed by atoms with Crippen molar-refractivity contribution in [1.82, 2.24) is 20.3 Å². The molecule has 0 spiro atoms. The van der Waals surface area contributed by atoms with Crippen LogP contribution in [0.2, 0.25) is 0 Å². The average molecular weight is 534 g/mol. The highest BCUT2D eigenvalue weighted by molar-refractivity contribution is 6.02. The minimum Gasteiger partial charge on any atom is -0.493 e. The van der Waals surface area contributed by atoms with Gasteiger partial charge in [-0.25, -0.2) is 9.07 Å². The molecular formula is C29H32FN5O4. The molecule has 1 unspecified atom stereocenters. The maximum Gasteiger partial charge on any atom is 0.249 e. The standard InChI is InChI=1S/C29H32FN5O4/c1-6-29(2,3)31-28(37)26(19-12-11-17-24(38-4)27(19)39-5)35(22-15-9-7-13-20(22)30)25(36)18-34-23-16-10-8-14-21(23)32-33-34/h7-17,26H,6,18H2,1-5H3,(H,31,37). The Labute approximate surface area is 226 Å². The van der Waals surface area contributed by atoms with Gasteiger partial charge >= 0.3 is 0 Å². The minimum atomic E-state index is -1.31. The number of aromatic nitrogens is 3. The van der Waals surface area contributed by atoms with Gasteiger partial charge in [-0.05, 0) is 50.6 Å². The SMILES string of the molecule is CCC(C)(C)NC(=O)C(c1cccc(OC)c1OC)N(C(=O)Cn1nnc2ccccc21)c1ccccc1F. The van der Waals surface area contributed by atoms with E-state index in [-0.39, 0.29) is 18.0 Å². The number of rotatable bonds is 10. The van der Waals surface area contributed by atoms with E-state index in [1.807, 2.05) is 32.9 Å². The first kappa shape index (κ1) is 27.6. The van der Waals surface area contributed by atoms with Gasteiger partial charge in [0.2, 0.25) is 11.8 Å². The molecule has 1 heterocycles. The van der Waals surface area contributed by atoms with Gasteiger partial charge in [0.15, 0.2) is 11.5 Å². The molecule has 4 rings (SSSR count). The van der Waals surface area contributed by atoms with E-state index in [1.54, 1.807) is 36.4 Å². The van der Waals surface area contributed by atoms with Crippen LogP contribution in [0.1, 0.15) is 38.8 Å². The summed E-state index contributed by atoms with van der Waals surface area (Å²) >= 11 is 0. The third kappa shape index (κ3) is 5.69. The molecule has 0 aliphatic carbocycles. The number of halogens is 1. The Morgan fingerprint density at radius 1 is 1.03 bits per heavy atom. The zero-order valence-electron chi connectivity index (χ0n) is 22.6. The van der Waals surface area contributed by atoms with Gasteiger partial charge in [-0.2, -0.15) is 0 Å². The Bertz CT molecular complexity index is 1490. The number of para-hydroxylation sites is 3. The summed E-state index contributed by atoms with van der Waals surface area (Å²) in [6.45, 7) is 5.41. The monoisotopic (exact) mass is 533 g/mol. The van der Waals surface area contributed by atoms with Gasteiger partial charge in [-0.1, -0.05) is 48.5 Å². The summed E-state index contributed by atoms with van der Waals surface area (Å²) in [7, 11) is 2.93. The molecule has 0 saturated heterocycles. The van der Waals surface area contributed by atoms with Crippen molar-refractivity contribution in [3.63, 3.8) is 0 Å². The molecule has 0 bridgehead atoms. The summed E-state index contributed by atoms with van der Waals surface area (Å²) in [6.07, 6.45) is 0.624. The molecule has 39 heavy (non-hydrogen) atoms. The quantitative estimate of drug-likeness (QED) is 0.318. The zero-order valence-corrected chi connectivity index (χ0v) is 22.6. The second-order valence-electron chi connectivity index (χ2n) is 9.66. The maximum absolute atomic E-state index is 15.4. The first-order chi connectivity index (χ1) is 18.7. The fraction of sp³-hybridized carbons (Fsp3) is 0.310. The van der Waals surface area contributed by atoms with Gasteiger partial charge < -0.3 is 14.8 Å². The van der Waals surface area contributed by atoms with Crippen molar-refractivity contribution >= 4 is 28.5 Å². The fourth-order valence-electron chi connectivity index (χ4n) is 4.32. The Balaban J connectivity index is 1.91. The van der Waals surface area contributed by atoms with Crippen LogP contribution in [-0.4, -0.2) is 46.6 Å². The predicted octanol–water partition coefficient (Wildman–Crippen LogP) is 4.67. The molecule has 1 aromatic heterocycles. The summed E-state index contributed by atoms with van der Waals surface area (Å²) in [5, 5.41) is 11.3. The summed E-state index contributed by atoms with van der Waals surface area (Å²) < 4.78 is 27.9. The Morgan fingerprint density at radius 2 is 1.74 bits per heavy atom. The number of amides is 2. The summed E-state index contributed by atoms with van der Waals surface area (Å²) in [6, 6.07) is 16.8. The summed E-state index contributed by atoms with van der Waals surface area (Å²) in [5.41, 5.74) is 0.906. The molecule has 0 aliphatic rings. The van der Waals surface area contributed by atoms with Crippen LogP contribution < -0.4 is 19.7 Å². The number of fused-ring (bicyclic) bond motifs is 1. The van der Waals surface area contributed by atoms with Crippen LogP contribution in [0.3, 0.4) is 0 Å². The third-order valence-electron chi connectivity index (χ3n) is 6.67. The Kier molecular flexibility index (Phi) is 8.13. The van der Waals surface area contributed by atoms with Crippen molar-refractivity contribution in [1.29, 1.82) is 0 Å². The van der Waals surface area contributed by atoms with Gasteiger partial charge in [0.1, 0.15) is 23.9 Å². The Morgan fingerprint density at radius 3 is 2.44 bits per heavy atom. The van der Waals surface area contributed by atoms with Crippen molar-refractivity contribution in [3.8, 4) is 11.5 Å². The van der Waals surface area contributed by atoms with Crippen LogP contribution in [-0.2, 0) is 16.1 Å². The molecule has 3 aromatic carbocycles. The highest BCUT2D eigenvalue weighted by atomic mass is 19.1. The largest absolute Gasteiger partial charge is 0.493 e. The first-order valence-corrected chi connectivity index (χ1v) is 12.6. The van der Waals surface area contributed by atoms with Crippen LogP contribution in [0.15, 0.2) is 66.7 Å². The number of hydrogen-bond acceptors (Lipinski definition) is 6. The van der Waals surface area contributed by atoms with Crippen LogP contribution in [0, 0.1) is 5.82 Å². The van der Waals surface area contributed by atoms with Gasteiger partial charge in [0.05, 0.1) is 25.4 Å². The van der Waals surface area contributed by atoms with E-state index in [1.165, 1.54) is 37.1 Å². The average Bonchev–Trinajstić information content (AvgIpc) is 3.34. The molecule has 9 nitrogen and oxygen atoms in total. The number of carbonyl (C=O) groups excluding carboxylic acids is 2. The number of anilines is 1. The normalized spacial score (nSPS) is 12.2. The van der Waals surface area contributed by atoms with E-state index in [4.69, 9.17) is 9.47 Å². The number of nitrogens with zero attached hydrogens (tertiary/aromatic N) is 4. The molecule has 10 heteroatoms. The first-order valence-electron chi connectivity index (χ1n) is 12.6. The number of carbonyl (C=O) groups is 2. The summed E-state index contributed by atoms with van der Waals surface area (Å²) in [4.78, 5) is 29.4. The van der Waals surface area contributed by atoms with Crippen LogP contribution in [0.5, 0.6) is 11.5 Å². The molecule has 0 fully saturated rings. The predicted molar refractivity (Wildman–Crippen MR) is 146 cm³/mol. The van der Waals surface area contributed by atoms with Gasteiger partial charge in [-0.3, -0.25) is 14.5 Å². The number of methoxy groups -OCH3 is 2. The molecule has 1 atom stereocenters. The van der Waals surface area contributed by atoms with E-state index >= 15 is 4.39 Å². The molecule has 0 saturated carbocycles. The van der Waals surface area contributed by atoms with Crippen LogP contribution in [0.25, 0.3) is 11.0 Å². The van der Waals surface area contributed by atoms with Crippen molar-refractivity contribution in [3.05, 3.63) is 78.1 Å². The van der Waals surface area contributed by atoms with Crippen LogP contribution >= 0.6 is 0 Å². The van der Waals surface area contributed by atoms with E-state index in [0.29, 0.717) is 28.8 Å². The highest BCUT2D eigenvalue weighted by Gasteiger charge is 2.38. The second kappa shape index (κ2) is 11.5. The molecule has 1 N–H and O–H groups in total. The second-order valence-corrected chi connectivity index (χ2v) is 9.66. The fourth-order valence-corrected chi connectivity index (χ4v) is 4.32. The van der Waals surface area contributed by atoms with Crippen molar-refractivity contribution in [2.45, 2.75) is 45.3 Å². The molecule has 4 aromatic rings. The highest BCUT2D eigenvalue weighted by Crippen LogP contribution is 2.40. The molecule has 0 aliphatic heterocycles. The summed E-state index contributed by atoms with van der Waals surface area (Å²) in [5.74, 6) is -1.12. The van der Waals surface area contributed by atoms with E-state index in [2.05, 4.69) is 15.6 Å².